The van der Waals surface area contributed by atoms with Crippen LogP contribution in [-0.4, -0.2) is 67.4 Å². The summed E-state index contributed by atoms with van der Waals surface area (Å²) in [6.45, 7) is 1.75. The van der Waals surface area contributed by atoms with E-state index in [-0.39, 0.29) is 11.8 Å². The normalized spacial score (nSPS) is 15.8. The van der Waals surface area contributed by atoms with Crippen molar-refractivity contribution in [3.05, 3.63) is 54.2 Å². The van der Waals surface area contributed by atoms with Crippen LogP contribution in [0.2, 0.25) is 0 Å². The summed E-state index contributed by atoms with van der Waals surface area (Å²) in [5.74, 6) is -0.309. The van der Waals surface area contributed by atoms with Crippen LogP contribution in [0.25, 0.3) is 10.9 Å². The quantitative estimate of drug-likeness (QED) is 0.701. The highest BCUT2D eigenvalue weighted by Crippen LogP contribution is 2.20. The average Bonchev–Trinajstić information content (AvgIpc) is 3.33. The van der Waals surface area contributed by atoms with Crippen molar-refractivity contribution in [3.8, 4) is 0 Å². The topological polar surface area (TPSA) is 94.5 Å². The van der Waals surface area contributed by atoms with Crippen molar-refractivity contribution in [2.24, 2.45) is 7.05 Å². The van der Waals surface area contributed by atoms with E-state index in [1.165, 1.54) is 6.20 Å². The lowest BCUT2D eigenvalue weighted by Crippen LogP contribution is -2.52. The van der Waals surface area contributed by atoms with E-state index in [4.69, 9.17) is 0 Å². The summed E-state index contributed by atoms with van der Waals surface area (Å²) in [6, 6.07) is 7.91. The van der Waals surface area contributed by atoms with Crippen molar-refractivity contribution in [2.45, 2.75) is 12.5 Å². The molecule has 1 aliphatic rings. The number of nitrogens with one attached hydrogen (secondary N) is 1. The van der Waals surface area contributed by atoms with E-state index in [2.05, 4.69) is 9.97 Å². The number of aryl methyl sites for hydroxylation is 1. The third kappa shape index (κ3) is 3.38. The summed E-state index contributed by atoms with van der Waals surface area (Å²) in [4.78, 5) is 35.8. The van der Waals surface area contributed by atoms with Crippen molar-refractivity contribution in [2.75, 3.05) is 26.2 Å². The third-order valence-corrected chi connectivity index (χ3v) is 5.33. The molecule has 1 saturated heterocycles. The molecule has 28 heavy (non-hydrogen) atoms. The highest BCUT2D eigenvalue weighted by Gasteiger charge is 2.30. The number of fused-ring (bicyclic) bond motifs is 1. The maximum Gasteiger partial charge on any atom is 0.257 e. The minimum atomic E-state index is -1.24. The van der Waals surface area contributed by atoms with Crippen molar-refractivity contribution < 1.29 is 14.7 Å². The molecule has 3 aromatic rings. The number of aliphatic hydroxyl groups is 1. The Hall–Kier alpha value is -3.13. The number of aromatic amines is 1. The van der Waals surface area contributed by atoms with Gasteiger partial charge in [0.1, 0.15) is 0 Å². The van der Waals surface area contributed by atoms with Gasteiger partial charge in [-0.1, -0.05) is 18.2 Å². The molecule has 2 aromatic heterocycles. The van der Waals surface area contributed by atoms with Crippen LogP contribution < -0.4 is 0 Å². The molecular formula is C20H23N5O3. The SMILES string of the molecule is Cn1cncc1[C@@H](O)C(=O)N1CCN(C(=O)Cc2c[nH]c3ccccc23)CC1. The largest absolute Gasteiger partial charge is 0.377 e. The molecule has 0 saturated carbocycles. The first-order valence-electron chi connectivity index (χ1n) is 9.30. The monoisotopic (exact) mass is 381 g/mol. The van der Waals surface area contributed by atoms with Gasteiger partial charge in [0.25, 0.3) is 5.91 Å². The fourth-order valence-corrected chi connectivity index (χ4v) is 3.66. The minimum absolute atomic E-state index is 0.0454. The summed E-state index contributed by atoms with van der Waals surface area (Å²) in [5, 5.41) is 11.4. The van der Waals surface area contributed by atoms with Crippen molar-refractivity contribution in [1.29, 1.82) is 0 Å². The molecule has 2 N–H and O–H groups in total. The highest BCUT2D eigenvalue weighted by atomic mass is 16.3. The first kappa shape index (κ1) is 18.2. The van der Waals surface area contributed by atoms with Crippen LogP contribution >= 0.6 is 0 Å². The van der Waals surface area contributed by atoms with Crippen LogP contribution in [0.1, 0.15) is 17.4 Å². The van der Waals surface area contributed by atoms with E-state index in [0.717, 1.165) is 16.5 Å². The Morgan fingerprint density at radius 2 is 1.89 bits per heavy atom. The van der Waals surface area contributed by atoms with Gasteiger partial charge in [-0.2, -0.15) is 0 Å². The average molecular weight is 381 g/mol. The molecule has 8 heteroatoms. The Bertz CT molecular complexity index is 1000. The number of carbonyl (C=O) groups excluding carboxylic acids is 2. The van der Waals surface area contributed by atoms with Gasteiger partial charge in [-0.3, -0.25) is 9.59 Å². The van der Waals surface area contributed by atoms with Crippen LogP contribution in [0.3, 0.4) is 0 Å². The van der Waals surface area contributed by atoms with Gasteiger partial charge in [0, 0.05) is 50.3 Å². The van der Waals surface area contributed by atoms with Crippen molar-refractivity contribution in [1.82, 2.24) is 24.3 Å². The van der Waals surface area contributed by atoms with E-state index in [1.807, 2.05) is 30.5 Å². The Morgan fingerprint density at radius 1 is 1.18 bits per heavy atom. The number of benzene rings is 1. The maximum atomic E-state index is 12.7. The molecular weight excluding hydrogens is 358 g/mol. The van der Waals surface area contributed by atoms with E-state index >= 15 is 0 Å². The zero-order valence-electron chi connectivity index (χ0n) is 15.7. The Kier molecular flexibility index (Phi) is 4.87. The Labute approximate surface area is 162 Å². The predicted molar refractivity (Wildman–Crippen MR) is 103 cm³/mol. The number of piperazine rings is 1. The molecule has 0 bridgehead atoms. The van der Waals surface area contributed by atoms with Crippen LogP contribution in [-0.2, 0) is 23.1 Å². The molecule has 1 aliphatic heterocycles. The van der Waals surface area contributed by atoms with Gasteiger partial charge >= 0.3 is 0 Å². The molecule has 0 unspecified atom stereocenters. The molecule has 2 amide bonds. The number of imidazole rings is 1. The number of hydrogen-bond donors (Lipinski definition) is 2. The highest BCUT2D eigenvalue weighted by molar-refractivity contribution is 5.89. The molecule has 146 valence electrons. The maximum absolute atomic E-state index is 12.7. The van der Waals surface area contributed by atoms with E-state index in [1.54, 1.807) is 27.7 Å². The van der Waals surface area contributed by atoms with E-state index in [9.17, 15) is 14.7 Å². The standard InChI is InChI=1S/C20H23N5O3/c1-23-13-21-12-17(23)19(27)20(28)25-8-6-24(7-9-25)18(26)10-14-11-22-16-5-3-2-4-15(14)16/h2-5,11-13,19,22,27H,6-10H2,1H3/t19-/m1/s1. The number of H-pyrrole nitrogens is 1. The summed E-state index contributed by atoms with van der Waals surface area (Å²) in [7, 11) is 1.74. The minimum Gasteiger partial charge on any atom is -0.377 e. The first-order valence-corrected chi connectivity index (χ1v) is 9.30. The molecule has 8 nitrogen and oxygen atoms in total. The summed E-state index contributed by atoms with van der Waals surface area (Å²) < 4.78 is 1.63. The zero-order valence-corrected chi connectivity index (χ0v) is 15.7. The fraction of sp³-hybridized carbons (Fsp3) is 0.350. The van der Waals surface area contributed by atoms with Crippen LogP contribution in [0, 0.1) is 0 Å². The lowest BCUT2D eigenvalue weighted by molar-refractivity contribution is -0.145. The summed E-state index contributed by atoms with van der Waals surface area (Å²) in [6.07, 6.45) is 4.01. The molecule has 1 aromatic carbocycles. The molecule has 1 fully saturated rings. The van der Waals surface area contributed by atoms with Gasteiger partial charge in [0.2, 0.25) is 5.91 Å². The van der Waals surface area contributed by atoms with Gasteiger partial charge < -0.3 is 24.5 Å². The van der Waals surface area contributed by atoms with Gasteiger partial charge in [-0.15, -0.1) is 0 Å². The van der Waals surface area contributed by atoms with E-state index in [0.29, 0.717) is 38.3 Å². The van der Waals surface area contributed by atoms with Gasteiger partial charge in [-0.25, -0.2) is 4.98 Å². The van der Waals surface area contributed by atoms with Gasteiger partial charge in [-0.05, 0) is 11.6 Å². The number of rotatable bonds is 4. The molecule has 3 heterocycles. The second kappa shape index (κ2) is 7.47. The smallest absolute Gasteiger partial charge is 0.257 e. The second-order valence-corrected chi connectivity index (χ2v) is 7.07. The molecule has 1 atom stereocenters. The number of nitrogens with zero attached hydrogens (tertiary/aromatic N) is 4. The molecule has 0 radical (unpaired) electrons. The lowest BCUT2D eigenvalue weighted by Gasteiger charge is -2.35. The van der Waals surface area contributed by atoms with Crippen LogP contribution in [0.15, 0.2) is 43.0 Å². The number of aliphatic hydroxyl groups excluding tert-OH is 1. The van der Waals surface area contributed by atoms with Crippen LogP contribution in [0.4, 0.5) is 0 Å². The predicted octanol–water partition coefficient (Wildman–Crippen LogP) is 0.848. The van der Waals surface area contributed by atoms with E-state index < -0.39 is 6.10 Å². The number of aromatic nitrogens is 3. The molecule has 0 aliphatic carbocycles. The number of amides is 2. The summed E-state index contributed by atoms with van der Waals surface area (Å²) >= 11 is 0. The number of carbonyl (C=O) groups is 2. The lowest BCUT2D eigenvalue weighted by atomic mass is 10.1. The van der Waals surface area contributed by atoms with Crippen molar-refractivity contribution in [3.63, 3.8) is 0 Å². The fourth-order valence-electron chi connectivity index (χ4n) is 3.66. The molecule has 0 spiro atoms. The van der Waals surface area contributed by atoms with Crippen molar-refractivity contribution >= 4 is 22.7 Å². The van der Waals surface area contributed by atoms with Gasteiger partial charge in [0.15, 0.2) is 6.10 Å². The van der Waals surface area contributed by atoms with Gasteiger partial charge in [0.05, 0.1) is 24.6 Å². The number of para-hydroxylation sites is 1. The molecule has 4 rings (SSSR count). The first-order chi connectivity index (χ1) is 13.5. The summed E-state index contributed by atoms with van der Waals surface area (Å²) in [5.41, 5.74) is 2.46. The number of hydrogen-bond acceptors (Lipinski definition) is 4. The Balaban J connectivity index is 1.35. The second-order valence-electron chi connectivity index (χ2n) is 7.07. The Morgan fingerprint density at radius 3 is 2.61 bits per heavy atom. The zero-order chi connectivity index (χ0) is 19.7. The van der Waals surface area contributed by atoms with Crippen LogP contribution in [0.5, 0.6) is 0 Å². The third-order valence-electron chi connectivity index (χ3n) is 5.33.